The quantitative estimate of drug-likeness (QED) is 0.651. The lowest BCUT2D eigenvalue weighted by atomic mass is 9.86. The van der Waals surface area contributed by atoms with Crippen LogP contribution in [0.3, 0.4) is 0 Å². The number of hydrogen-bond acceptors (Lipinski definition) is 6. The molecule has 0 unspecified atom stereocenters. The van der Waals surface area contributed by atoms with Crippen molar-refractivity contribution in [3.8, 4) is 10.6 Å². The molecule has 146 valence electrons. The molecule has 4 heterocycles. The van der Waals surface area contributed by atoms with Crippen LogP contribution in [0.2, 0.25) is 0 Å². The van der Waals surface area contributed by atoms with E-state index < -0.39 is 0 Å². The largest absolute Gasteiger partial charge is 0.347 e. The van der Waals surface area contributed by atoms with Crippen molar-refractivity contribution in [1.82, 2.24) is 20.1 Å². The number of fused-ring (bicyclic) bond motifs is 1. The maximum Gasteiger partial charge on any atom is 0.208 e. The third kappa shape index (κ3) is 3.29. The second-order valence-corrected chi connectivity index (χ2v) is 9.26. The lowest BCUT2D eigenvalue weighted by molar-refractivity contribution is 0.0593. The van der Waals surface area contributed by atoms with Crippen LogP contribution in [0.1, 0.15) is 39.0 Å². The number of likely N-dealkylation sites (tertiary alicyclic amines) is 1. The highest BCUT2D eigenvalue weighted by atomic mass is 32.1. The van der Waals surface area contributed by atoms with E-state index in [-0.39, 0.29) is 0 Å². The standard InChI is InChI=1S/C22H27N5S/c1-22(27-13-3-2-4-14-27)10-15-26(16-11-22)21-25-24-20(28-21)18-9-5-7-17-8-6-12-23-19(17)18/h5-9,12H,2-4,10-11,13-16H2,1H3. The third-order valence-corrected chi connectivity index (χ3v) is 7.53. The van der Waals surface area contributed by atoms with Gasteiger partial charge in [0.1, 0.15) is 0 Å². The lowest BCUT2D eigenvalue weighted by Gasteiger charge is -2.48. The van der Waals surface area contributed by atoms with E-state index in [4.69, 9.17) is 0 Å². The first-order valence-electron chi connectivity index (χ1n) is 10.4. The summed E-state index contributed by atoms with van der Waals surface area (Å²) in [7, 11) is 0. The summed E-state index contributed by atoms with van der Waals surface area (Å²) in [6.45, 7) is 7.13. The Labute approximate surface area is 170 Å². The van der Waals surface area contributed by atoms with Gasteiger partial charge in [0.15, 0.2) is 5.01 Å². The Morgan fingerprint density at radius 3 is 2.54 bits per heavy atom. The fourth-order valence-electron chi connectivity index (χ4n) is 4.66. The van der Waals surface area contributed by atoms with Crippen LogP contribution in [0.4, 0.5) is 5.13 Å². The minimum atomic E-state index is 0.351. The van der Waals surface area contributed by atoms with E-state index in [0.29, 0.717) is 5.54 Å². The fourth-order valence-corrected chi connectivity index (χ4v) is 5.58. The molecule has 2 aliphatic rings. The molecule has 28 heavy (non-hydrogen) atoms. The van der Waals surface area contributed by atoms with Crippen molar-refractivity contribution in [2.75, 3.05) is 31.1 Å². The van der Waals surface area contributed by atoms with Crippen molar-refractivity contribution >= 4 is 27.4 Å². The van der Waals surface area contributed by atoms with E-state index >= 15 is 0 Å². The van der Waals surface area contributed by atoms with E-state index in [9.17, 15) is 0 Å². The molecule has 0 saturated carbocycles. The lowest BCUT2D eigenvalue weighted by Crippen LogP contribution is -2.55. The van der Waals surface area contributed by atoms with Gasteiger partial charge in [-0.1, -0.05) is 36.0 Å². The number of nitrogens with zero attached hydrogens (tertiary/aromatic N) is 5. The summed E-state index contributed by atoms with van der Waals surface area (Å²) in [5.41, 5.74) is 2.44. The van der Waals surface area contributed by atoms with Crippen LogP contribution in [0.15, 0.2) is 36.5 Å². The van der Waals surface area contributed by atoms with Gasteiger partial charge in [0.2, 0.25) is 5.13 Å². The Morgan fingerprint density at radius 2 is 1.71 bits per heavy atom. The minimum absolute atomic E-state index is 0.351. The Kier molecular flexibility index (Phi) is 4.77. The first-order chi connectivity index (χ1) is 13.7. The molecular formula is C22H27N5S. The molecule has 0 radical (unpaired) electrons. The monoisotopic (exact) mass is 393 g/mol. The number of rotatable bonds is 3. The maximum atomic E-state index is 4.57. The van der Waals surface area contributed by atoms with E-state index in [1.54, 1.807) is 11.3 Å². The molecule has 5 nitrogen and oxygen atoms in total. The van der Waals surface area contributed by atoms with Crippen molar-refractivity contribution in [3.05, 3.63) is 36.5 Å². The Morgan fingerprint density at radius 1 is 0.929 bits per heavy atom. The molecule has 0 spiro atoms. The Bertz CT molecular complexity index is 949. The highest BCUT2D eigenvalue weighted by Crippen LogP contribution is 2.36. The minimum Gasteiger partial charge on any atom is -0.347 e. The van der Waals surface area contributed by atoms with Crippen molar-refractivity contribution < 1.29 is 0 Å². The Balaban J connectivity index is 1.33. The number of para-hydroxylation sites is 1. The van der Waals surface area contributed by atoms with Gasteiger partial charge in [-0.25, -0.2) is 0 Å². The topological polar surface area (TPSA) is 45.2 Å². The predicted molar refractivity (Wildman–Crippen MR) is 116 cm³/mol. The van der Waals surface area contributed by atoms with Gasteiger partial charge in [-0.15, -0.1) is 10.2 Å². The number of pyridine rings is 1. The molecular weight excluding hydrogens is 366 g/mol. The summed E-state index contributed by atoms with van der Waals surface area (Å²) in [5.74, 6) is 0. The average molecular weight is 394 g/mol. The molecule has 2 aromatic heterocycles. The Hall–Kier alpha value is -2.05. The smallest absolute Gasteiger partial charge is 0.208 e. The molecule has 0 aliphatic carbocycles. The third-order valence-electron chi connectivity index (χ3n) is 6.51. The second-order valence-electron chi connectivity index (χ2n) is 8.30. The molecule has 2 fully saturated rings. The zero-order valence-electron chi connectivity index (χ0n) is 16.5. The van der Waals surface area contributed by atoms with Gasteiger partial charge in [-0.3, -0.25) is 9.88 Å². The number of piperidine rings is 2. The van der Waals surface area contributed by atoms with Crippen LogP contribution in [-0.2, 0) is 0 Å². The van der Waals surface area contributed by atoms with E-state index in [1.807, 2.05) is 12.3 Å². The summed E-state index contributed by atoms with van der Waals surface area (Å²) >= 11 is 1.69. The zero-order valence-corrected chi connectivity index (χ0v) is 17.3. The molecule has 3 aromatic rings. The molecule has 0 N–H and O–H groups in total. The van der Waals surface area contributed by atoms with Crippen LogP contribution < -0.4 is 4.90 Å². The van der Waals surface area contributed by atoms with Crippen molar-refractivity contribution in [1.29, 1.82) is 0 Å². The molecule has 6 heteroatoms. The number of benzene rings is 1. The van der Waals surface area contributed by atoms with Crippen molar-refractivity contribution in [2.24, 2.45) is 0 Å². The summed E-state index contributed by atoms with van der Waals surface area (Å²) in [6, 6.07) is 10.3. The van der Waals surface area contributed by atoms with Crippen molar-refractivity contribution in [3.63, 3.8) is 0 Å². The molecule has 0 bridgehead atoms. The van der Waals surface area contributed by atoms with Crippen LogP contribution in [0, 0.1) is 0 Å². The fraction of sp³-hybridized carbons (Fsp3) is 0.500. The molecule has 1 aromatic carbocycles. The van der Waals surface area contributed by atoms with Gasteiger partial charge in [0.25, 0.3) is 0 Å². The number of anilines is 1. The highest BCUT2D eigenvalue weighted by molar-refractivity contribution is 7.18. The average Bonchev–Trinajstić information content (AvgIpc) is 3.24. The highest BCUT2D eigenvalue weighted by Gasteiger charge is 2.36. The molecule has 2 aliphatic heterocycles. The number of hydrogen-bond donors (Lipinski definition) is 0. The molecule has 0 amide bonds. The van der Waals surface area contributed by atoms with Gasteiger partial charge >= 0.3 is 0 Å². The predicted octanol–water partition coefficient (Wildman–Crippen LogP) is 4.60. The van der Waals surface area contributed by atoms with Gasteiger partial charge in [0.05, 0.1) is 5.52 Å². The SMILES string of the molecule is CC1(N2CCCCC2)CCN(c2nnc(-c3cccc4cccnc34)s2)CC1. The number of aromatic nitrogens is 3. The summed E-state index contributed by atoms with van der Waals surface area (Å²) in [6.07, 6.45) is 8.38. The van der Waals surface area contributed by atoms with Crippen LogP contribution >= 0.6 is 11.3 Å². The van der Waals surface area contributed by atoms with Gasteiger partial charge in [-0.2, -0.15) is 0 Å². The van der Waals surface area contributed by atoms with Gasteiger partial charge in [-0.05, 0) is 57.8 Å². The first kappa shape index (κ1) is 18.0. The van der Waals surface area contributed by atoms with E-state index in [1.165, 1.54) is 45.2 Å². The normalized spacial score (nSPS) is 20.5. The summed E-state index contributed by atoms with van der Waals surface area (Å²) < 4.78 is 0. The van der Waals surface area contributed by atoms with Gasteiger partial charge in [0, 0.05) is 35.8 Å². The molecule has 0 atom stereocenters. The van der Waals surface area contributed by atoms with Crippen LogP contribution in [0.25, 0.3) is 21.5 Å². The molecule has 5 rings (SSSR count). The van der Waals surface area contributed by atoms with Crippen LogP contribution in [-0.4, -0.2) is 51.8 Å². The van der Waals surface area contributed by atoms with Gasteiger partial charge < -0.3 is 4.90 Å². The summed E-state index contributed by atoms with van der Waals surface area (Å²) in [5, 5.41) is 12.2. The van der Waals surface area contributed by atoms with E-state index in [2.05, 4.69) is 56.2 Å². The zero-order chi connectivity index (χ0) is 19.0. The maximum absolute atomic E-state index is 4.57. The van der Waals surface area contributed by atoms with E-state index in [0.717, 1.165) is 39.7 Å². The first-order valence-corrected chi connectivity index (χ1v) is 11.2. The molecule has 2 saturated heterocycles. The summed E-state index contributed by atoms with van der Waals surface area (Å²) in [4.78, 5) is 9.73. The van der Waals surface area contributed by atoms with Crippen molar-refractivity contribution in [2.45, 2.75) is 44.6 Å². The second kappa shape index (κ2) is 7.41. The van der Waals surface area contributed by atoms with Crippen LogP contribution in [0.5, 0.6) is 0 Å².